The average molecular weight is 496 g/mol. The van der Waals surface area contributed by atoms with Crippen LogP contribution in [0.2, 0.25) is 0 Å². The molecule has 2 aliphatic carbocycles. The van der Waals surface area contributed by atoms with Crippen LogP contribution < -0.4 is 10.1 Å². The van der Waals surface area contributed by atoms with E-state index in [0.29, 0.717) is 34.8 Å². The quantitative estimate of drug-likeness (QED) is 0.656. The van der Waals surface area contributed by atoms with Crippen molar-refractivity contribution >= 4 is 23.5 Å². The van der Waals surface area contributed by atoms with Crippen molar-refractivity contribution in [3.05, 3.63) is 52.5 Å². The number of halogens is 1. The molecule has 36 heavy (non-hydrogen) atoms. The average Bonchev–Trinajstić information content (AvgIpc) is 3.11. The van der Waals surface area contributed by atoms with Crippen molar-refractivity contribution in [3.8, 4) is 5.88 Å². The Morgan fingerprint density at radius 3 is 2.61 bits per heavy atom. The number of carbonyl (C=O) groups excluding carboxylic acids is 2. The predicted molar refractivity (Wildman–Crippen MR) is 129 cm³/mol. The van der Waals surface area contributed by atoms with Crippen LogP contribution in [0.4, 0.5) is 10.1 Å². The predicted octanol–water partition coefficient (Wildman–Crippen LogP) is 3.63. The van der Waals surface area contributed by atoms with E-state index in [9.17, 15) is 19.5 Å². The van der Waals surface area contributed by atoms with E-state index in [4.69, 9.17) is 4.74 Å². The molecule has 3 aliphatic rings. The lowest BCUT2D eigenvalue weighted by Crippen LogP contribution is -2.50. The van der Waals surface area contributed by atoms with Gasteiger partial charge in [-0.05, 0) is 60.4 Å². The van der Waals surface area contributed by atoms with Gasteiger partial charge in [-0.2, -0.15) is 0 Å². The molecule has 0 bridgehead atoms. The Bertz CT molecular complexity index is 1250. The number of ether oxygens (including phenoxy) is 1. The van der Waals surface area contributed by atoms with E-state index in [0.717, 1.165) is 18.4 Å². The summed E-state index contributed by atoms with van der Waals surface area (Å²) in [4.78, 5) is 44.3. The van der Waals surface area contributed by atoms with Gasteiger partial charge in [0.15, 0.2) is 0 Å². The van der Waals surface area contributed by atoms with Crippen molar-refractivity contribution in [3.63, 3.8) is 0 Å². The zero-order chi connectivity index (χ0) is 25.8. The minimum absolute atomic E-state index is 0.240. The molecule has 2 aromatic rings. The first-order valence-electron chi connectivity index (χ1n) is 12.3. The number of hydrogen-bond donors (Lipinski definition) is 2. The first-order valence-corrected chi connectivity index (χ1v) is 12.3. The fraction of sp³-hybridized carbons (Fsp3) is 0.481. The summed E-state index contributed by atoms with van der Waals surface area (Å²) in [6, 6.07) is 5.58. The standard InChI is InChI=1S/C27H30FN3O5/c1-27(2)8-6-14-12-17(13-19(28)22(14)27)29-24(32)23-18-4-5-21(36-3)30-20(18)7-9-31(23)25(33)15-10-16(11-15)26(34)35/h4-5,12-13,15-16,23H,6-11H2,1-3H3,(H,29,32)(H,34,35)/t15-,16-,23?. The van der Waals surface area contributed by atoms with Crippen LogP contribution in [-0.2, 0) is 32.6 Å². The summed E-state index contributed by atoms with van der Waals surface area (Å²) >= 11 is 0. The topological polar surface area (TPSA) is 109 Å². The number of aliphatic carboxylic acids is 1. The van der Waals surface area contributed by atoms with Crippen LogP contribution >= 0.6 is 0 Å². The molecule has 1 aliphatic heterocycles. The molecule has 0 saturated heterocycles. The number of carboxylic acids is 1. The number of methoxy groups -OCH3 is 1. The maximum absolute atomic E-state index is 15.0. The number of anilines is 1. The second-order valence-corrected chi connectivity index (χ2v) is 10.6. The molecule has 2 heterocycles. The molecule has 1 unspecified atom stereocenters. The van der Waals surface area contributed by atoms with Gasteiger partial charge in [-0.15, -0.1) is 0 Å². The van der Waals surface area contributed by atoms with Gasteiger partial charge in [-0.1, -0.05) is 13.8 Å². The minimum atomic E-state index is -0.962. The SMILES string of the molecule is COc1ccc2c(n1)CCN(C(=O)[C@H]1C[C@H](C(=O)O)C1)C2C(=O)Nc1cc(F)c2c(c1)CCC2(C)C. The number of pyridine rings is 1. The van der Waals surface area contributed by atoms with E-state index in [2.05, 4.69) is 10.3 Å². The second-order valence-electron chi connectivity index (χ2n) is 10.6. The van der Waals surface area contributed by atoms with Gasteiger partial charge in [-0.25, -0.2) is 9.37 Å². The fourth-order valence-electron chi connectivity index (χ4n) is 5.83. The molecule has 9 heteroatoms. The summed E-state index contributed by atoms with van der Waals surface area (Å²) in [7, 11) is 1.51. The molecule has 0 spiro atoms. The lowest BCUT2D eigenvalue weighted by atomic mass is 9.73. The van der Waals surface area contributed by atoms with Crippen LogP contribution in [0.15, 0.2) is 24.3 Å². The van der Waals surface area contributed by atoms with E-state index in [-0.39, 0.29) is 36.5 Å². The van der Waals surface area contributed by atoms with Crippen molar-refractivity contribution in [2.75, 3.05) is 19.0 Å². The molecule has 190 valence electrons. The number of aromatic nitrogens is 1. The molecule has 0 radical (unpaired) electrons. The summed E-state index contributed by atoms with van der Waals surface area (Å²) in [6.45, 7) is 4.30. The summed E-state index contributed by atoms with van der Waals surface area (Å²) in [5.41, 5.74) is 2.92. The lowest BCUT2D eigenvalue weighted by Gasteiger charge is -2.41. The van der Waals surface area contributed by atoms with Gasteiger partial charge in [0.2, 0.25) is 11.8 Å². The molecule has 2 amide bonds. The molecule has 1 atom stereocenters. The first-order chi connectivity index (χ1) is 17.1. The molecular formula is C27H30FN3O5. The summed E-state index contributed by atoms with van der Waals surface area (Å²) in [5.74, 6) is -2.50. The monoisotopic (exact) mass is 495 g/mol. The van der Waals surface area contributed by atoms with Crippen LogP contribution in [-0.4, -0.2) is 46.4 Å². The lowest BCUT2D eigenvalue weighted by molar-refractivity contribution is -0.154. The Morgan fingerprint density at radius 2 is 1.92 bits per heavy atom. The number of aryl methyl sites for hydroxylation is 1. The van der Waals surface area contributed by atoms with E-state index >= 15 is 4.39 Å². The van der Waals surface area contributed by atoms with Gasteiger partial charge >= 0.3 is 5.97 Å². The van der Waals surface area contributed by atoms with Gasteiger partial charge in [0, 0.05) is 36.2 Å². The van der Waals surface area contributed by atoms with Crippen molar-refractivity contribution in [2.24, 2.45) is 11.8 Å². The fourth-order valence-corrected chi connectivity index (χ4v) is 5.83. The Balaban J connectivity index is 1.45. The largest absolute Gasteiger partial charge is 0.481 e. The number of carboxylic acid groups (broad SMARTS) is 1. The summed E-state index contributed by atoms with van der Waals surface area (Å²) in [5, 5.41) is 12.0. The third-order valence-electron chi connectivity index (χ3n) is 7.89. The van der Waals surface area contributed by atoms with Gasteiger partial charge < -0.3 is 20.1 Å². The molecule has 1 aromatic carbocycles. The Labute approximate surface area is 208 Å². The number of benzene rings is 1. The number of hydrogen-bond acceptors (Lipinski definition) is 5. The van der Waals surface area contributed by atoms with Crippen molar-refractivity contribution in [2.45, 2.75) is 57.4 Å². The van der Waals surface area contributed by atoms with Crippen molar-refractivity contribution < 1.29 is 28.6 Å². The number of carbonyl (C=O) groups is 3. The number of nitrogens with one attached hydrogen (secondary N) is 1. The van der Waals surface area contributed by atoms with E-state index in [1.54, 1.807) is 12.1 Å². The van der Waals surface area contributed by atoms with Gasteiger partial charge in [-0.3, -0.25) is 14.4 Å². The highest BCUT2D eigenvalue weighted by Crippen LogP contribution is 2.42. The number of fused-ring (bicyclic) bond motifs is 2. The Kier molecular flexibility index (Phi) is 5.97. The van der Waals surface area contributed by atoms with E-state index in [1.165, 1.54) is 18.1 Å². The third kappa shape index (κ3) is 4.10. The zero-order valence-corrected chi connectivity index (χ0v) is 20.6. The van der Waals surface area contributed by atoms with E-state index in [1.807, 2.05) is 19.9 Å². The Hall–Kier alpha value is -3.49. The maximum atomic E-state index is 15.0. The zero-order valence-electron chi connectivity index (χ0n) is 20.6. The minimum Gasteiger partial charge on any atom is -0.481 e. The van der Waals surface area contributed by atoms with Gasteiger partial charge in [0.05, 0.1) is 18.7 Å². The second kappa shape index (κ2) is 8.87. The van der Waals surface area contributed by atoms with Crippen LogP contribution in [0.5, 0.6) is 5.88 Å². The number of amides is 2. The Morgan fingerprint density at radius 1 is 1.17 bits per heavy atom. The molecule has 5 rings (SSSR count). The first kappa shape index (κ1) is 24.2. The maximum Gasteiger partial charge on any atom is 0.306 e. The molecule has 1 fully saturated rings. The normalized spacial score (nSPS) is 23.8. The van der Waals surface area contributed by atoms with Crippen LogP contribution in [0.25, 0.3) is 0 Å². The molecule has 1 saturated carbocycles. The third-order valence-corrected chi connectivity index (χ3v) is 7.89. The highest BCUT2D eigenvalue weighted by Gasteiger charge is 2.45. The highest BCUT2D eigenvalue weighted by atomic mass is 19.1. The number of rotatable bonds is 5. The molecule has 2 N–H and O–H groups in total. The van der Waals surface area contributed by atoms with Crippen molar-refractivity contribution in [1.82, 2.24) is 9.88 Å². The summed E-state index contributed by atoms with van der Waals surface area (Å²) < 4.78 is 20.3. The molecule has 8 nitrogen and oxygen atoms in total. The van der Waals surface area contributed by atoms with Gasteiger partial charge in [0.25, 0.3) is 5.91 Å². The smallest absolute Gasteiger partial charge is 0.306 e. The molecular weight excluding hydrogens is 465 g/mol. The van der Waals surface area contributed by atoms with Gasteiger partial charge in [0.1, 0.15) is 11.9 Å². The van der Waals surface area contributed by atoms with E-state index < -0.39 is 29.8 Å². The number of nitrogens with zero attached hydrogens (tertiary/aromatic N) is 2. The van der Waals surface area contributed by atoms with Crippen LogP contribution in [0.1, 0.15) is 61.5 Å². The summed E-state index contributed by atoms with van der Waals surface area (Å²) in [6.07, 6.45) is 2.54. The highest BCUT2D eigenvalue weighted by molar-refractivity contribution is 5.99. The molecule has 1 aromatic heterocycles. The van der Waals surface area contributed by atoms with Crippen LogP contribution in [0, 0.1) is 17.7 Å². The van der Waals surface area contributed by atoms with Crippen molar-refractivity contribution in [1.29, 1.82) is 0 Å². The van der Waals surface area contributed by atoms with Crippen LogP contribution in [0.3, 0.4) is 0 Å².